The van der Waals surface area contributed by atoms with E-state index < -0.39 is 0 Å². The van der Waals surface area contributed by atoms with Crippen LogP contribution in [0.15, 0.2) is 5.16 Å². The van der Waals surface area contributed by atoms with Crippen LogP contribution in [0, 0.1) is 0 Å². The Labute approximate surface area is 76.5 Å². The number of hydrogen-bond acceptors (Lipinski definition) is 4. The fourth-order valence-corrected chi connectivity index (χ4v) is 0.558. The van der Waals surface area contributed by atoms with E-state index in [1.165, 1.54) is 0 Å². The summed E-state index contributed by atoms with van der Waals surface area (Å²) in [5.41, 5.74) is 0.806. The quantitative estimate of drug-likeness (QED) is 0.219. The van der Waals surface area contributed by atoms with Crippen molar-refractivity contribution in [3.8, 4) is 0 Å². The van der Waals surface area contributed by atoms with Gasteiger partial charge in [-0.05, 0) is 13.8 Å². The minimum absolute atomic E-state index is 0.116. The highest BCUT2D eigenvalue weighted by molar-refractivity contribution is 6.17. The molecule has 0 atom stereocenters. The second-order valence-electron chi connectivity index (χ2n) is 2.25. The van der Waals surface area contributed by atoms with Crippen LogP contribution < -0.4 is 0 Å². The van der Waals surface area contributed by atoms with Gasteiger partial charge in [-0.15, -0.1) is 0 Å². The number of hydrogen-bond donors (Lipinski definition) is 0. The van der Waals surface area contributed by atoms with Gasteiger partial charge in [0.2, 0.25) is 0 Å². The van der Waals surface area contributed by atoms with Crippen molar-refractivity contribution in [1.82, 2.24) is 0 Å². The molecule has 0 aromatic rings. The number of carbonyl (C=O) groups is 1. The Bertz CT molecular complexity index is 166. The van der Waals surface area contributed by atoms with Crippen LogP contribution in [0.3, 0.4) is 0 Å². The molecule has 0 aromatic heterocycles. The Balaban J connectivity index is 3.31. The van der Waals surface area contributed by atoms with E-state index in [0.29, 0.717) is 0 Å². The van der Waals surface area contributed by atoms with Gasteiger partial charge < -0.3 is 9.57 Å². The minimum atomic E-state index is -0.381. The zero-order chi connectivity index (χ0) is 9.40. The summed E-state index contributed by atoms with van der Waals surface area (Å²) in [7, 11) is 0. The minimum Gasteiger partial charge on any atom is -0.449 e. The highest BCUT2D eigenvalue weighted by Gasteiger charge is 2.00. The summed E-state index contributed by atoms with van der Waals surface area (Å²) < 4.78 is 4.45. The van der Waals surface area contributed by atoms with Crippen molar-refractivity contribution in [3.63, 3.8) is 0 Å². The Kier molecular flexibility index (Phi) is 6.47. The van der Waals surface area contributed by atoms with Crippen molar-refractivity contribution < 1.29 is 14.4 Å². The molecule has 0 bridgehead atoms. The number of oxime groups is 1. The fraction of sp³-hybridized carbons (Fsp3) is 0.714. The van der Waals surface area contributed by atoms with Gasteiger partial charge in [0.25, 0.3) is 0 Å². The summed E-state index contributed by atoms with van der Waals surface area (Å²) in [4.78, 5) is 15.4. The number of ether oxygens (including phenoxy) is 1. The molecule has 0 saturated heterocycles. The van der Waals surface area contributed by atoms with E-state index in [2.05, 4.69) is 9.89 Å². The molecule has 0 fully saturated rings. The van der Waals surface area contributed by atoms with E-state index in [1.54, 1.807) is 13.8 Å². The van der Waals surface area contributed by atoms with E-state index in [-0.39, 0.29) is 25.1 Å². The fourth-order valence-electron chi connectivity index (χ4n) is 0.437. The second-order valence-corrected chi connectivity index (χ2v) is 2.47. The molecule has 0 rings (SSSR count). The lowest BCUT2D eigenvalue weighted by Gasteiger charge is -1.99. The number of halogens is 1. The number of nitrogens with zero attached hydrogens (tertiary/aromatic N) is 1. The van der Waals surface area contributed by atoms with Gasteiger partial charge in [0, 0.05) is 0 Å². The highest BCUT2D eigenvalue weighted by Crippen LogP contribution is 1.90. The number of carbonyl (C=O) groups excluding carboxylic acids is 1. The molecular weight excluding hydrogens is 182 g/mol. The molecule has 0 saturated carbocycles. The smallest absolute Gasteiger partial charge is 0.310 e. The maximum Gasteiger partial charge on any atom is 0.310 e. The SMILES string of the molecule is CC(C)=NOCCC(=O)OCCl. The largest absolute Gasteiger partial charge is 0.449 e. The molecule has 0 aliphatic heterocycles. The molecule has 12 heavy (non-hydrogen) atoms. The average Bonchev–Trinajstić information content (AvgIpc) is 1.98. The summed E-state index contributed by atoms with van der Waals surface area (Å²) in [5, 5.41) is 3.63. The van der Waals surface area contributed by atoms with Crippen molar-refractivity contribution in [2.24, 2.45) is 5.16 Å². The lowest BCUT2D eigenvalue weighted by atomic mass is 10.5. The van der Waals surface area contributed by atoms with Crippen molar-refractivity contribution in [1.29, 1.82) is 0 Å². The third-order valence-corrected chi connectivity index (χ3v) is 0.969. The Morgan fingerprint density at radius 1 is 1.50 bits per heavy atom. The van der Waals surface area contributed by atoms with Crippen LogP contribution in [0.4, 0.5) is 0 Å². The first-order valence-electron chi connectivity index (χ1n) is 3.51. The lowest BCUT2D eigenvalue weighted by Crippen LogP contribution is -2.06. The van der Waals surface area contributed by atoms with Crippen LogP contribution in [0.2, 0.25) is 0 Å². The zero-order valence-corrected chi connectivity index (χ0v) is 7.93. The maximum absolute atomic E-state index is 10.7. The average molecular weight is 194 g/mol. The molecule has 0 spiro atoms. The molecule has 0 N–H and O–H groups in total. The third kappa shape index (κ3) is 7.34. The van der Waals surface area contributed by atoms with E-state index >= 15 is 0 Å². The van der Waals surface area contributed by atoms with Gasteiger partial charge in [0.05, 0.1) is 12.1 Å². The molecule has 0 unspecified atom stereocenters. The third-order valence-electron chi connectivity index (χ3n) is 0.860. The number of alkyl halides is 1. The van der Waals surface area contributed by atoms with Gasteiger partial charge in [-0.2, -0.15) is 0 Å². The van der Waals surface area contributed by atoms with E-state index in [4.69, 9.17) is 16.4 Å². The lowest BCUT2D eigenvalue weighted by molar-refractivity contribution is -0.142. The number of rotatable bonds is 5. The highest BCUT2D eigenvalue weighted by atomic mass is 35.5. The first kappa shape index (κ1) is 11.2. The number of esters is 1. The van der Waals surface area contributed by atoms with Crippen LogP contribution in [0.5, 0.6) is 0 Å². The van der Waals surface area contributed by atoms with E-state index in [1.807, 2.05) is 0 Å². The predicted molar refractivity (Wildman–Crippen MR) is 46.2 cm³/mol. The molecule has 0 amide bonds. The summed E-state index contributed by atoms with van der Waals surface area (Å²) >= 11 is 5.15. The van der Waals surface area contributed by atoms with Gasteiger partial charge in [0.15, 0.2) is 6.07 Å². The van der Waals surface area contributed by atoms with Gasteiger partial charge in [-0.1, -0.05) is 16.8 Å². The predicted octanol–water partition coefficient (Wildman–Crippen LogP) is 1.53. The van der Waals surface area contributed by atoms with Gasteiger partial charge >= 0.3 is 5.97 Å². The maximum atomic E-state index is 10.7. The molecular formula is C7H12ClNO3. The molecule has 4 nitrogen and oxygen atoms in total. The molecule has 0 heterocycles. The van der Waals surface area contributed by atoms with E-state index in [9.17, 15) is 4.79 Å². The Morgan fingerprint density at radius 2 is 2.17 bits per heavy atom. The van der Waals surface area contributed by atoms with Gasteiger partial charge in [-0.25, -0.2) is 0 Å². The van der Waals surface area contributed by atoms with Gasteiger partial charge in [0.1, 0.15) is 6.61 Å². The normalized spacial score (nSPS) is 8.92. The molecule has 0 aliphatic carbocycles. The topological polar surface area (TPSA) is 47.9 Å². The molecule has 5 heteroatoms. The first-order valence-corrected chi connectivity index (χ1v) is 4.05. The standard InChI is InChI=1S/C7H12ClNO3/c1-6(2)9-12-4-3-7(10)11-5-8/h3-5H2,1-2H3. The molecule has 0 aliphatic rings. The second kappa shape index (κ2) is 6.91. The van der Waals surface area contributed by atoms with E-state index in [0.717, 1.165) is 5.71 Å². The van der Waals surface area contributed by atoms with Crippen molar-refractivity contribution >= 4 is 23.3 Å². The summed E-state index contributed by atoms with van der Waals surface area (Å²) in [6.07, 6.45) is 0.170. The van der Waals surface area contributed by atoms with Gasteiger partial charge in [-0.3, -0.25) is 4.79 Å². The van der Waals surface area contributed by atoms with Crippen LogP contribution in [0.1, 0.15) is 20.3 Å². The van der Waals surface area contributed by atoms with Crippen LogP contribution in [0.25, 0.3) is 0 Å². The Hall–Kier alpha value is -0.770. The molecule has 70 valence electrons. The summed E-state index contributed by atoms with van der Waals surface area (Å²) in [5.74, 6) is -0.381. The summed E-state index contributed by atoms with van der Waals surface area (Å²) in [6, 6.07) is -0.116. The molecule has 0 radical (unpaired) electrons. The van der Waals surface area contributed by atoms with Crippen LogP contribution >= 0.6 is 11.6 Å². The van der Waals surface area contributed by atoms with Crippen molar-refractivity contribution in [3.05, 3.63) is 0 Å². The zero-order valence-electron chi connectivity index (χ0n) is 7.17. The first-order chi connectivity index (χ1) is 5.66. The molecule has 0 aromatic carbocycles. The van der Waals surface area contributed by atoms with Crippen molar-refractivity contribution in [2.45, 2.75) is 20.3 Å². The Morgan fingerprint density at radius 3 is 2.67 bits per heavy atom. The van der Waals surface area contributed by atoms with Crippen LogP contribution in [-0.2, 0) is 14.4 Å². The summed E-state index contributed by atoms with van der Waals surface area (Å²) in [6.45, 7) is 3.83. The van der Waals surface area contributed by atoms with Crippen molar-refractivity contribution in [2.75, 3.05) is 12.7 Å². The monoisotopic (exact) mass is 193 g/mol. The van der Waals surface area contributed by atoms with Crippen LogP contribution in [-0.4, -0.2) is 24.4 Å².